The first-order valence-electron chi connectivity index (χ1n) is 5.61. The number of nitro groups is 1. The molecule has 0 unspecified atom stereocenters. The minimum absolute atomic E-state index is 0.206. The van der Waals surface area contributed by atoms with Crippen LogP contribution < -0.4 is 5.32 Å². The van der Waals surface area contributed by atoms with E-state index in [9.17, 15) is 10.1 Å². The Morgan fingerprint density at radius 2 is 2.28 bits per heavy atom. The molecule has 0 aliphatic carbocycles. The van der Waals surface area contributed by atoms with Gasteiger partial charge in [-0.15, -0.1) is 0 Å². The highest BCUT2D eigenvalue weighted by atomic mass is 32.1. The minimum Gasteiger partial charge on any atom is -0.310 e. The Morgan fingerprint density at radius 1 is 1.44 bits per heavy atom. The zero-order valence-corrected chi connectivity index (χ0v) is 11.6. The Hall–Kier alpha value is -1.24. The Bertz CT molecular complexity index is 508. The lowest BCUT2D eigenvalue weighted by molar-refractivity contribution is -0.380. The fourth-order valence-corrected chi connectivity index (χ4v) is 3.09. The van der Waals surface area contributed by atoms with E-state index in [2.05, 4.69) is 29.1 Å². The van der Waals surface area contributed by atoms with Gasteiger partial charge in [0.25, 0.3) is 0 Å². The van der Waals surface area contributed by atoms with E-state index in [0.29, 0.717) is 12.6 Å². The average Bonchev–Trinajstić information content (AvgIpc) is 2.96. The van der Waals surface area contributed by atoms with Crippen LogP contribution in [0.15, 0.2) is 28.3 Å². The molecule has 0 radical (unpaired) electrons. The molecule has 0 spiro atoms. The molecule has 0 amide bonds. The fourth-order valence-electron chi connectivity index (χ4n) is 1.68. The second-order valence-corrected chi connectivity index (χ2v) is 5.84. The van der Waals surface area contributed by atoms with Crippen LogP contribution >= 0.6 is 22.7 Å². The topological polar surface area (TPSA) is 55.2 Å². The molecule has 2 aromatic heterocycles. The molecule has 2 rings (SSSR count). The lowest BCUT2D eigenvalue weighted by atomic mass is 10.1. The molecule has 96 valence electrons. The molecule has 4 nitrogen and oxygen atoms in total. The van der Waals surface area contributed by atoms with Crippen molar-refractivity contribution in [1.82, 2.24) is 5.32 Å². The molecule has 0 saturated heterocycles. The molecular formula is C12H14N2O2S2. The van der Waals surface area contributed by atoms with Gasteiger partial charge in [-0.2, -0.15) is 11.3 Å². The first kappa shape index (κ1) is 13.2. The number of rotatable bonds is 6. The summed E-state index contributed by atoms with van der Waals surface area (Å²) in [6.07, 6.45) is 0.982. The van der Waals surface area contributed by atoms with Gasteiger partial charge in [0.1, 0.15) is 0 Å². The smallest absolute Gasteiger partial charge is 0.310 e. The van der Waals surface area contributed by atoms with E-state index in [1.165, 1.54) is 16.9 Å². The molecule has 1 N–H and O–H groups in total. The lowest BCUT2D eigenvalue weighted by Gasteiger charge is -2.11. The second kappa shape index (κ2) is 6.08. The van der Waals surface area contributed by atoms with E-state index in [4.69, 9.17) is 0 Å². The molecule has 0 bridgehead atoms. The van der Waals surface area contributed by atoms with Crippen molar-refractivity contribution in [2.24, 2.45) is 0 Å². The summed E-state index contributed by atoms with van der Waals surface area (Å²) in [7, 11) is 0. The van der Waals surface area contributed by atoms with Gasteiger partial charge in [0.05, 0.1) is 4.92 Å². The zero-order valence-electron chi connectivity index (χ0n) is 9.96. The maximum atomic E-state index is 10.6. The minimum atomic E-state index is -0.344. The molecule has 0 saturated carbocycles. The van der Waals surface area contributed by atoms with Crippen LogP contribution in [0.2, 0.25) is 0 Å². The van der Waals surface area contributed by atoms with Gasteiger partial charge in [-0.3, -0.25) is 10.1 Å². The summed E-state index contributed by atoms with van der Waals surface area (Å²) in [5.41, 5.74) is 2.31. The van der Waals surface area contributed by atoms with Crippen molar-refractivity contribution in [2.75, 3.05) is 0 Å². The number of nitrogens with zero attached hydrogens (tertiary/aromatic N) is 1. The highest BCUT2D eigenvalue weighted by molar-refractivity contribution is 7.13. The predicted octanol–water partition coefficient (Wildman–Crippen LogP) is 3.44. The summed E-state index contributed by atoms with van der Waals surface area (Å²) < 4.78 is 0. The van der Waals surface area contributed by atoms with Crippen molar-refractivity contribution in [2.45, 2.75) is 25.9 Å². The first-order chi connectivity index (χ1) is 8.65. The van der Waals surface area contributed by atoms with Crippen LogP contribution in [-0.4, -0.2) is 11.0 Å². The molecule has 2 heterocycles. The molecule has 18 heavy (non-hydrogen) atoms. The summed E-state index contributed by atoms with van der Waals surface area (Å²) >= 11 is 2.88. The van der Waals surface area contributed by atoms with Gasteiger partial charge in [0.15, 0.2) is 0 Å². The molecular weight excluding hydrogens is 268 g/mol. The van der Waals surface area contributed by atoms with Crippen molar-refractivity contribution in [3.63, 3.8) is 0 Å². The third kappa shape index (κ3) is 3.63. The van der Waals surface area contributed by atoms with Crippen LogP contribution in [0.5, 0.6) is 0 Å². The monoisotopic (exact) mass is 282 g/mol. The maximum Gasteiger partial charge on any atom is 0.324 e. The Morgan fingerprint density at radius 3 is 2.89 bits per heavy atom. The van der Waals surface area contributed by atoms with Gasteiger partial charge < -0.3 is 5.32 Å². The van der Waals surface area contributed by atoms with Crippen LogP contribution in [0.4, 0.5) is 5.00 Å². The van der Waals surface area contributed by atoms with E-state index in [1.807, 2.05) is 5.38 Å². The largest absolute Gasteiger partial charge is 0.324 e. The fraction of sp³-hybridized carbons (Fsp3) is 0.333. The average molecular weight is 282 g/mol. The molecule has 0 aliphatic rings. The van der Waals surface area contributed by atoms with E-state index in [-0.39, 0.29) is 9.92 Å². The Labute approximate surface area is 113 Å². The van der Waals surface area contributed by atoms with Crippen LogP contribution in [0.1, 0.15) is 18.1 Å². The van der Waals surface area contributed by atoms with Crippen LogP contribution in [0.25, 0.3) is 0 Å². The van der Waals surface area contributed by atoms with Crippen molar-refractivity contribution >= 4 is 27.7 Å². The van der Waals surface area contributed by atoms with E-state index >= 15 is 0 Å². The second-order valence-electron chi connectivity index (χ2n) is 4.17. The third-order valence-electron chi connectivity index (χ3n) is 2.60. The van der Waals surface area contributed by atoms with Crippen molar-refractivity contribution in [1.29, 1.82) is 0 Å². The maximum absolute atomic E-state index is 10.6. The van der Waals surface area contributed by atoms with Gasteiger partial charge in [-0.05, 0) is 41.3 Å². The van der Waals surface area contributed by atoms with Crippen molar-refractivity contribution < 1.29 is 4.92 Å². The zero-order chi connectivity index (χ0) is 13.0. The first-order valence-corrected chi connectivity index (χ1v) is 7.43. The molecule has 0 aromatic carbocycles. The normalized spacial score (nSPS) is 12.5. The highest BCUT2D eigenvalue weighted by Crippen LogP contribution is 2.22. The Kier molecular flexibility index (Phi) is 4.46. The molecule has 1 atom stereocenters. The summed E-state index contributed by atoms with van der Waals surface area (Å²) in [5.74, 6) is 0. The van der Waals surface area contributed by atoms with Crippen LogP contribution in [0, 0.1) is 10.1 Å². The van der Waals surface area contributed by atoms with Crippen molar-refractivity contribution in [3.8, 4) is 0 Å². The standard InChI is InChI=1S/C12H14N2O2S2/c1-9(4-10-2-3-17-7-10)13-6-11-5-12(14(15)16)18-8-11/h2-3,5,7-9,13H,4,6H2,1H3/t9-/m1/s1. The molecule has 0 fully saturated rings. The molecule has 6 heteroatoms. The van der Waals surface area contributed by atoms with Crippen LogP contribution in [0.3, 0.4) is 0 Å². The summed E-state index contributed by atoms with van der Waals surface area (Å²) in [6.45, 7) is 2.80. The summed E-state index contributed by atoms with van der Waals surface area (Å²) in [5, 5.41) is 20.2. The van der Waals surface area contributed by atoms with Gasteiger partial charge in [-0.1, -0.05) is 11.3 Å². The predicted molar refractivity (Wildman–Crippen MR) is 75.3 cm³/mol. The highest BCUT2D eigenvalue weighted by Gasteiger charge is 2.10. The Balaban J connectivity index is 1.81. The van der Waals surface area contributed by atoms with E-state index in [0.717, 1.165) is 12.0 Å². The number of hydrogen-bond donors (Lipinski definition) is 1. The number of thiophene rings is 2. The third-order valence-corrected chi connectivity index (χ3v) is 4.26. The van der Waals surface area contributed by atoms with Gasteiger partial charge in [0.2, 0.25) is 0 Å². The lowest BCUT2D eigenvalue weighted by Crippen LogP contribution is -2.27. The SMILES string of the molecule is C[C@H](Cc1ccsc1)NCc1csc([N+](=O)[O-])c1. The summed E-state index contributed by atoms with van der Waals surface area (Å²) in [4.78, 5) is 10.2. The van der Waals surface area contributed by atoms with E-state index in [1.54, 1.807) is 17.4 Å². The van der Waals surface area contributed by atoms with Crippen LogP contribution in [-0.2, 0) is 13.0 Å². The molecule has 2 aromatic rings. The summed E-state index contributed by atoms with van der Waals surface area (Å²) in [6, 6.07) is 4.12. The van der Waals surface area contributed by atoms with Gasteiger partial charge in [0, 0.05) is 24.0 Å². The van der Waals surface area contributed by atoms with Gasteiger partial charge in [-0.25, -0.2) is 0 Å². The van der Waals surface area contributed by atoms with Gasteiger partial charge >= 0.3 is 5.00 Å². The number of nitrogens with one attached hydrogen (secondary N) is 1. The molecule has 0 aliphatic heterocycles. The van der Waals surface area contributed by atoms with E-state index < -0.39 is 0 Å². The van der Waals surface area contributed by atoms with Crippen molar-refractivity contribution in [3.05, 3.63) is 49.5 Å². The quantitative estimate of drug-likeness (QED) is 0.652. The number of hydrogen-bond acceptors (Lipinski definition) is 5.